The molecule has 1 N–H and O–H groups in total. The number of para-hydroxylation sites is 1. The van der Waals surface area contributed by atoms with Crippen LogP contribution in [0.5, 0.6) is 5.75 Å². The lowest BCUT2D eigenvalue weighted by molar-refractivity contribution is 0.0955. The van der Waals surface area contributed by atoms with Crippen molar-refractivity contribution in [2.75, 3.05) is 18.6 Å². The number of anilines is 1. The Hall–Kier alpha value is -3.31. The highest BCUT2D eigenvalue weighted by Gasteiger charge is 2.18. The number of carbonyl (C=O) groups is 1. The molecule has 6 heteroatoms. The predicted octanol–water partition coefficient (Wildman–Crippen LogP) is 5.07. The fourth-order valence-electron chi connectivity index (χ4n) is 3.85. The second-order valence-electron chi connectivity index (χ2n) is 7.40. The highest BCUT2D eigenvalue weighted by molar-refractivity contribution is 6.33. The molecule has 0 spiro atoms. The van der Waals surface area contributed by atoms with E-state index < -0.39 is 0 Å². The monoisotopic (exact) mass is 433 g/mol. The standard InChI is InChI=1S/C25H24ClN3O2/c1-31-24-13-12-18(16-27-28-25(30)21-9-3-4-10-22(21)26)15-20(24)17-29-14-6-8-19-7-2-5-11-23(19)29/h2-5,7,9-13,15-16H,6,8,14,17H2,1H3,(H,28,30). The lowest BCUT2D eigenvalue weighted by Gasteiger charge is -2.31. The molecule has 1 heterocycles. The molecule has 1 aliphatic heterocycles. The Balaban J connectivity index is 1.50. The van der Waals surface area contributed by atoms with Gasteiger partial charge in [-0.1, -0.05) is 41.9 Å². The third-order valence-corrected chi connectivity index (χ3v) is 5.70. The summed E-state index contributed by atoms with van der Waals surface area (Å²) in [7, 11) is 1.68. The van der Waals surface area contributed by atoms with E-state index in [0.717, 1.165) is 42.8 Å². The lowest BCUT2D eigenvalue weighted by Crippen LogP contribution is -2.29. The number of hydrogen-bond donors (Lipinski definition) is 1. The van der Waals surface area contributed by atoms with Crippen LogP contribution in [0.4, 0.5) is 5.69 Å². The zero-order valence-corrected chi connectivity index (χ0v) is 18.1. The van der Waals surface area contributed by atoms with Crippen molar-refractivity contribution in [1.82, 2.24) is 5.43 Å². The lowest BCUT2D eigenvalue weighted by atomic mass is 10.0. The average molecular weight is 434 g/mol. The Bertz CT molecular complexity index is 1110. The summed E-state index contributed by atoms with van der Waals surface area (Å²) in [5.41, 5.74) is 7.53. The number of hydrazone groups is 1. The molecule has 0 unspecified atom stereocenters. The molecule has 0 radical (unpaired) electrons. The quantitative estimate of drug-likeness (QED) is 0.436. The van der Waals surface area contributed by atoms with E-state index in [2.05, 4.69) is 39.7 Å². The number of carbonyl (C=O) groups excluding carboxylic acids is 1. The van der Waals surface area contributed by atoms with Crippen LogP contribution in [0.3, 0.4) is 0 Å². The SMILES string of the molecule is COc1ccc(C=NNC(=O)c2ccccc2Cl)cc1CN1CCCc2ccccc21. The molecule has 158 valence electrons. The number of halogens is 1. The van der Waals surface area contributed by atoms with E-state index in [4.69, 9.17) is 16.3 Å². The molecule has 0 aliphatic carbocycles. The molecule has 0 atom stereocenters. The first-order valence-corrected chi connectivity index (χ1v) is 10.6. The number of rotatable bonds is 6. The maximum atomic E-state index is 12.3. The maximum absolute atomic E-state index is 12.3. The summed E-state index contributed by atoms with van der Waals surface area (Å²) < 4.78 is 5.59. The molecule has 4 rings (SSSR count). The Labute approximate surface area is 187 Å². The number of nitrogens with zero attached hydrogens (tertiary/aromatic N) is 2. The van der Waals surface area contributed by atoms with Gasteiger partial charge >= 0.3 is 0 Å². The van der Waals surface area contributed by atoms with Crippen LogP contribution >= 0.6 is 11.6 Å². The molecular formula is C25H24ClN3O2. The zero-order valence-electron chi connectivity index (χ0n) is 17.3. The number of amides is 1. The van der Waals surface area contributed by atoms with Crippen LogP contribution in [-0.2, 0) is 13.0 Å². The van der Waals surface area contributed by atoms with Crippen molar-refractivity contribution in [3.05, 3.63) is 94.0 Å². The van der Waals surface area contributed by atoms with Crippen molar-refractivity contribution in [2.24, 2.45) is 5.10 Å². The smallest absolute Gasteiger partial charge is 0.272 e. The largest absolute Gasteiger partial charge is 0.496 e. The summed E-state index contributed by atoms with van der Waals surface area (Å²) in [5, 5.41) is 4.49. The zero-order chi connectivity index (χ0) is 21.6. The van der Waals surface area contributed by atoms with Gasteiger partial charge in [0.15, 0.2) is 0 Å². The Morgan fingerprint density at radius 3 is 2.81 bits per heavy atom. The molecule has 5 nitrogen and oxygen atoms in total. The highest BCUT2D eigenvalue weighted by atomic mass is 35.5. The average Bonchev–Trinajstić information content (AvgIpc) is 2.80. The summed E-state index contributed by atoms with van der Waals surface area (Å²) in [6.07, 6.45) is 3.87. The fourth-order valence-corrected chi connectivity index (χ4v) is 4.08. The number of hydrogen-bond acceptors (Lipinski definition) is 4. The van der Waals surface area contributed by atoms with Gasteiger partial charge in [0.1, 0.15) is 5.75 Å². The van der Waals surface area contributed by atoms with E-state index in [9.17, 15) is 4.79 Å². The van der Waals surface area contributed by atoms with Gasteiger partial charge in [0.2, 0.25) is 0 Å². The van der Waals surface area contributed by atoms with Crippen molar-refractivity contribution in [3.8, 4) is 5.75 Å². The molecule has 0 saturated heterocycles. The minimum atomic E-state index is -0.347. The summed E-state index contributed by atoms with van der Waals surface area (Å²) in [5.74, 6) is 0.487. The van der Waals surface area contributed by atoms with Gasteiger partial charge < -0.3 is 9.64 Å². The van der Waals surface area contributed by atoms with Gasteiger partial charge in [-0.15, -0.1) is 0 Å². The minimum Gasteiger partial charge on any atom is -0.496 e. The second kappa shape index (κ2) is 9.67. The molecule has 3 aromatic carbocycles. The molecular weight excluding hydrogens is 410 g/mol. The third-order valence-electron chi connectivity index (χ3n) is 5.37. The molecule has 0 aromatic heterocycles. The van der Waals surface area contributed by atoms with Gasteiger partial charge in [-0.05, 0) is 60.4 Å². The molecule has 3 aromatic rings. The van der Waals surface area contributed by atoms with Crippen molar-refractivity contribution in [1.29, 1.82) is 0 Å². The number of ether oxygens (including phenoxy) is 1. The van der Waals surface area contributed by atoms with Gasteiger partial charge in [0.25, 0.3) is 5.91 Å². The van der Waals surface area contributed by atoms with E-state index >= 15 is 0 Å². The first-order chi connectivity index (χ1) is 15.2. The van der Waals surface area contributed by atoms with E-state index in [0.29, 0.717) is 10.6 Å². The maximum Gasteiger partial charge on any atom is 0.272 e. The van der Waals surface area contributed by atoms with Crippen molar-refractivity contribution in [2.45, 2.75) is 19.4 Å². The van der Waals surface area contributed by atoms with Crippen molar-refractivity contribution < 1.29 is 9.53 Å². The molecule has 0 bridgehead atoms. The molecule has 1 amide bonds. The van der Waals surface area contributed by atoms with Gasteiger partial charge in [-0.2, -0.15) is 5.10 Å². The highest BCUT2D eigenvalue weighted by Crippen LogP contribution is 2.30. The van der Waals surface area contributed by atoms with Crippen LogP contribution < -0.4 is 15.1 Å². The molecule has 0 saturated carbocycles. The van der Waals surface area contributed by atoms with Crippen LogP contribution in [0.15, 0.2) is 71.8 Å². The van der Waals surface area contributed by atoms with Crippen molar-refractivity contribution >= 4 is 29.4 Å². The van der Waals surface area contributed by atoms with Crippen LogP contribution in [0.1, 0.15) is 33.5 Å². The minimum absolute atomic E-state index is 0.347. The van der Waals surface area contributed by atoms with Crippen LogP contribution in [0, 0.1) is 0 Å². The summed E-state index contributed by atoms with van der Waals surface area (Å²) in [6, 6.07) is 21.3. The third kappa shape index (κ3) is 4.89. The Morgan fingerprint density at radius 1 is 1.16 bits per heavy atom. The topological polar surface area (TPSA) is 53.9 Å². The first kappa shape index (κ1) is 20.9. The Morgan fingerprint density at radius 2 is 1.97 bits per heavy atom. The van der Waals surface area contributed by atoms with E-state index in [-0.39, 0.29) is 5.91 Å². The van der Waals surface area contributed by atoms with E-state index in [1.165, 1.54) is 11.3 Å². The normalized spacial score (nSPS) is 13.2. The molecule has 31 heavy (non-hydrogen) atoms. The number of aryl methyl sites for hydroxylation is 1. The van der Waals surface area contributed by atoms with Crippen LogP contribution in [0.2, 0.25) is 5.02 Å². The second-order valence-corrected chi connectivity index (χ2v) is 7.81. The molecule has 1 aliphatic rings. The number of methoxy groups -OCH3 is 1. The molecule has 0 fully saturated rings. The number of benzene rings is 3. The van der Waals surface area contributed by atoms with E-state index in [1.54, 1.807) is 37.6 Å². The summed E-state index contributed by atoms with van der Waals surface area (Å²) >= 11 is 6.07. The first-order valence-electron chi connectivity index (χ1n) is 10.2. The fraction of sp³-hybridized carbons (Fsp3) is 0.200. The van der Waals surface area contributed by atoms with Gasteiger partial charge in [0.05, 0.1) is 23.9 Å². The van der Waals surface area contributed by atoms with Crippen molar-refractivity contribution in [3.63, 3.8) is 0 Å². The van der Waals surface area contributed by atoms with Crippen LogP contribution in [0.25, 0.3) is 0 Å². The van der Waals surface area contributed by atoms with Gasteiger partial charge in [-0.3, -0.25) is 4.79 Å². The summed E-state index contributed by atoms with van der Waals surface area (Å²) in [4.78, 5) is 14.7. The van der Waals surface area contributed by atoms with Gasteiger partial charge in [-0.25, -0.2) is 5.43 Å². The Kier molecular flexibility index (Phi) is 6.53. The van der Waals surface area contributed by atoms with Crippen LogP contribution in [-0.4, -0.2) is 25.8 Å². The summed E-state index contributed by atoms with van der Waals surface area (Å²) in [6.45, 7) is 1.75. The predicted molar refractivity (Wildman–Crippen MR) is 125 cm³/mol. The van der Waals surface area contributed by atoms with Gasteiger partial charge in [0, 0.05) is 24.3 Å². The number of fused-ring (bicyclic) bond motifs is 1. The van der Waals surface area contributed by atoms with E-state index in [1.807, 2.05) is 18.2 Å². The number of nitrogens with one attached hydrogen (secondary N) is 1.